The molecule has 0 spiro atoms. The number of hydrogen-bond acceptors (Lipinski definition) is 5. The zero-order valence-electron chi connectivity index (χ0n) is 13.9. The molecule has 1 amide bonds. The Hall–Kier alpha value is -2.93. The van der Waals surface area contributed by atoms with Crippen LogP contribution in [0.5, 0.6) is 5.75 Å². The van der Waals surface area contributed by atoms with Gasteiger partial charge in [-0.2, -0.15) is 0 Å². The lowest BCUT2D eigenvalue weighted by Crippen LogP contribution is -2.37. The van der Waals surface area contributed by atoms with E-state index in [1.54, 1.807) is 0 Å². The van der Waals surface area contributed by atoms with E-state index in [-0.39, 0.29) is 23.9 Å². The van der Waals surface area contributed by atoms with Gasteiger partial charge in [0.15, 0.2) is 0 Å². The van der Waals surface area contributed by atoms with E-state index in [0.717, 1.165) is 19.5 Å². The third-order valence-corrected chi connectivity index (χ3v) is 4.25. The third-order valence-electron chi connectivity index (χ3n) is 4.25. The summed E-state index contributed by atoms with van der Waals surface area (Å²) in [7, 11) is 1.41. The fourth-order valence-corrected chi connectivity index (χ4v) is 2.98. The number of benzene rings is 2. The Morgan fingerprint density at radius 1 is 1.28 bits per heavy atom. The first-order valence-corrected chi connectivity index (χ1v) is 7.98. The van der Waals surface area contributed by atoms with Gasteiger partial charge in [-0.1, -0.05) is 24.3 Å². The lowest BCUT2D eigenvalue weighted by Gasteiger charge is -2.28. The van der Waals surface area contributed by atoms with Crippen molar-refractivity contribution in [3.8, 4) is 5.75 Å². The minimum Gasteiger partial charge on any atom is -0.494 e. The standard InChI is InChI=1S/C18H19N3O4/c1-25-17-10-15(21(23)24)6-7-16(17)19-18(22)12-20-9-8-13-4-2-3-5-14(13)11-20/h2-7,10H,8-9,11-12H2,1H3,(H,19,22). The lowest BCUT2D eigenvalue weighted by atomic mass is 10.00. The van der Waals surface area contributed by atoms with Crippen molar-refractivity contribution in [2.24, 2.45) is 0 Å². The molecule has 0 aromatic heterocycles. The average Bonchev–Trinajstić information content (AvgIpc) is 2.61. The normalized spacial score (nSPS) is 13.8. The molecule has 0 fully saturated rings. The van der Waals surface area contributed by atoms with Crippen molar-refractivity contribution in [3.05, 3.63) is 63.7 Å². The topological polar surface area (TPSA) is 84.7 Å². The van der Waals surface area contributed by atoms with E-state index in [4.69, 9.17) is 4.74 Å². The van der Waals surface area contributed by atoms with Gasteiger partial charge in [0, 0.05) is 19.2 Å². The largest absolute Gasteiger partial charge is 0.494 e. The smallest absolute Gasteiger partial charge is 0.273 e. The van der Waals surface area contributed by atoms with Gasteiger partial charge in [-0.25, -0.2) is 0 Å². The summed E-state index contributed by atoms with van der Waals surface area (Å²) in [5.41, 5.74) is 2.92. The predicted molar refractivity (Wildman–Crippen MR) is 93.7 cm³/mol. The fraction of sp³-hybridized carbons (Fsp3) is 0.278. The maximum absolute atomic E-state index is 12.3. The van der Waals surface area contributed by atoms with E-state index in [1.807, 2.05) is 12.1 Å². The van der Waals surface area contributed by atoms with E-state index in [1.165, 1.54) is 36.4 Å². The minimum atomic E-state index is -0.501. The molecule has 0 saturated heterocycles. The SMILES string of the molecule is COc1cc([N+](=O)[O-])ccc1NC(=O)CN1CCc2ccccc2C1. The molecule has 2 aromatic carbocycles. The number of anilines is 1. The van der Waals surface area contributed by atoms with Crippen molar-refractivity contribution in [2.45, 2.75) is 13.0 Å². The van der Waals surface area contributed by atoms with E-state index >= 15 is 0 Å². The highest BCUT2D eigenvalue weighted by atomic mass is 16.6. The quantitative estimate of drug-likeness (QED) is 0.667. The van der Waals surface area contributed by atoms with Crippen molar-refractivity contribution in [2.75, 3.05) is 25.5 Å². The number of fused-ring (bicyclic) bond motifs is 1. The van der Waals surface area contributed by atoms with Crippen LogP contribution in [0.4, 0.5) is 11.4 Å². The van der Waals surface area contributed by atoms with Crippen molar-refractivity contribution >= 4 is 17.3 Å². The third kappa shape index (κ3) is 3.95. The van der Waals surface area contributed by atoms with Crippen LogP contribution < -0.4 is 10.1 Å². The van der Waals surface area contributed by atoms with E-state index in [0.29, 0.717) is 5.69 Å². The molecule has 3 rings (SSSR count). The van der Waals surface area contributed by atoms with Gasteiger partial charge in [-0.3, -0.25) is 19.8 Å². The summed E-state index contributed by atoms with van der Waals surface area (Å²) in [5.74, 6) is 0.0954. The summed E-state index contributed by atoms with van der Waals surface area (Å²) in [5, 5.41) is 13.6. The van der Waals surface area contributed by atoms with E-state index < -0.39 is 4.92 Å². The lowest BCUT2D eigenvalue weighted by molar-refractivity contribution is -0.384. The number of carbonyl (C=O) groups excluding carboxylic acids is 1. The van der Waals surface area contributed by atoms with E-state index in [2.05, 4.69) is 22.3 Å². The maximum Gasteiger partial charge on any atom is 0.273 e. The number of ether oxygens (including phenoxy) is 1. The van der Waals surface area contributed by atoms with Crippen LogP contribution >= 0.6 is 0 Å². The molecule has 7 heteroatoms. The Balaban J connectivity index is 1.64. The number of non-ortho nitro benzene ring substituents is 1. The minimum absolute atomic E-state index is 0.0810. The number of methoxy groups -OCH3 is 1. The van der Waals surface area contributed by atoms with Crippen LogP contribution in [0.2, 0.25) is 0 Å². The molecule has 0 bridgehead atoms. The first-order valence-electron chi connectivity index (χ1n) is 7.98. The highest BCUT2D eigenvalue weighted by Gasteiger charge is 2.19. The Morgan fingerprint density at radius 3 is 2.76 bits per heavy atom. The molecule has 0 atom stereocenters. The molecule has 0 saturated carbocycles. The molecule has 0 unspecified atom stereocenters. The summed E-state index contributed by atoms with van der Waals surface area (Å²) < 4.78 is 5.14. The predicted octanol–water partition coefficient (Wildman–Crippen LogP) is 2.60. The van der Waals surface area contributed by atoms with Crippen LogP contribution in [0.15, 0.2) is 42.5 Å². The summed E-state index contributed by atoms with van der Waals surface area (Å²) in [6.07, 6.45) is 0.921. The molecule has 2 aromatic rings. The molecule has 130 valence electrons. The van der Waals surface area contributed by atoms with Crippen LogP contribution in [0.1, 0.15) is 11.1 Å². The van der Waals surface area contributed by atoms with Gasteiger partial charge in [0.1, 0.15) is 5.75 Å². The number of amides is 1. The van der Waals surface area contributed by atoms with Gasteiger partial charge in [-0.15, -0.1) is 0 Å². The van der Waals surface area contributed by atoms with Crippen molar-refractivity contribution < 1.29 is 14.5 Å². The van der Waals surface area contributed by atoms with Crippen LogP contribution in [0.3, 0.4) is 0 Å². The molecule has 1 N–H and O–H groups in total. The number of hydrogen-bond donors (Lipinski definition) is 1. The van der Waals surface area contributed by atoms with Gasteiger partial charge in [0.2, 0.25) is 5.91 Å². The maximum atomic E-state index is 12.3. The second-order valence-electron chi connectivity index (χ2n) is 5.92. The second kappa shape index (κ2) is 7.31. The zero-order chi connectivity index (χ0) is 17.8. The summed E-state index contributed by atoms with van der Waals surface area (Å²) in [4.78, 5) is 24.7. The summed E-state index contributed by atoms with van der Waals surface area (Å²) in [6.45, 7) is 1.82. The fourth-order valence-electron chi connectivity index (χ4n) is 2.98. The molecule has 1 aliphatic heterocycles. The Morgan fingerprint density at radius 2 is 2.04 bits per heavy atom. The van der Waals surface area contributed by atoms with Crippen molar-refractivity contribution in [3.63, 3.8) is 0 Å². The number of nitro groups is 1. The van der Waals surface area contributed by atoms with Gasteiger partial charge < -0.3 is 10.1 Å². The molecular formula is C18H19N3O4. The Bertz CT molecular complexity index is 807. The molecule has 1 heterocycles. The molecule has 1 aliphatic rings. The van der Waals surface area contributed by atoms with Crippen LogP contribution in [0.25, 0.3) is 0 Å². The monoisotopic (exact) mass is 341 g/mol. The number of nitro benzene ring substituents is 1. The second-order valence-corrected chi connectivity index (χ2v) is 5.92. The Kier molecular flexibility index (Phi) is 4.95. The van der Waals surface area contributed by atoms with Crippen LogP contribution in [-0.4, -0.2) is 35.9 Å². The average molecular weight is 341 g/mol. The molecule has 0 radical (unpaired) electrons. The summed E-state index contributed by atoms with van der Waals surface area (Å²) in [6, 6.07) is 12.4. The van der Waals surface area contributed by atoms with Gasteiger partial charge in [-0.05, 0) is 23.6 Å². The molecule has 25 heavy (non-hydrogen) atoms. The number of rotatable bonds is 5. The summed E-state index contributed by atoms with van der Waals surface area (Å²) >= 11 is 0. The van der Waals surface area contributed by atoms with Gasteiger partial charge in [0.25, 0.3) is 5.69 Å². The van der Waals surface area contributed by atoms with E-state index in [9.17, 15) is 14.9 Å². The number of carbonyl (C=O) groups is 1. The number of nitrogens with zero attached hydrogens (tertiary/aromatic N) is 2. The highest BCUT2D eigenvalue weighted by Crippen LogP contribution is 2.29. The number of nitrogens with one attached hydrogen (secondary N) is 1. The van der Waals surface area contributed by atoms with Crippen molar-refractivity contribution in [1.82, 2.24) is 4.90 Å². The molecule has 7 nitrogen and oxygen atoms in total. The molecule has 0 aliphatic carbocycles. The molecular weight excluding hydrogens is 322 g/mol. The van der Waals surface area contributed by atoms with Gasteiger partial charge >= 0.3 is 0 Å². The Labute approximate surface area is 145 Å². The van der Waals surface area contributed by atoms with Crippen molar-refractivity contribution in [1.29, 1.82) is 0 Å². The zero-order valence-corrected chi connectivity index (χ0v) is 13.9. The van der Waals surface area contributed by atoms with Crippen LogP contribution in [0, 0.1) is 10.1 Å². The first kappa shape index (κ1) is 16.9. The van der Waals surface area contributed by atoms with Crippen LogP contribution in [-0.2, 0) is 17.8 Å². The van der Waals surface area contributed by atoms with Gasteiger partial charge in [0.05, 0.1) is 30.3 Å². The first-order chi connectivity index (χ1) is 12.1. The highest BCUT2D eigenvalue weighted by molar-refractivity contribution is 5.94.